The minimum Gasteiger partial charge on any atom is -0.374 e. The molecule has 1 aromatic carbocycles. The normalized spacial score (nSPS) is 37.9. The Kier molecular flexibility index (Phi) is 8.02. The second kappa shape index (κ2) is 10.8. The van der Waals surface area contributed by atoms with E-state index in [0.29, 0.717) is 13.2 Å². The minimum absolute atomic E-state index is 0.142. The van der Waals surface area contributed by atoms with Crippen molar-refractivity contribution in [1.82, 2.24) is 4.72 Å². The maximum Gasteiger partial charge on any atom is 0.209 e. The first-order chi connectivity index (χ1) is 17.9. The lowest BCUT2D eigenvalue weighted by molar-refractivity contribution is -0.256. The molecule has 0 aliphatic carbocycles. The largest absolute Gasteiger partial charge is 0.374 e. The van der Waals surface area contributed by atoms with E-state index in [1.165, 1.54) is 0 Å². The van der Waals surface area contributed by atoms with Gasteiger partial charge in [-0.2, -0.15) is 0 Å². The summed E-state index contributed by atoms with van der Waals surface area (Å²) in [5.41, 5.74) is 0.999. The zero-order valence-electron chi connectivity index (χ0n) is 22.3. The molecule has 0 bridgehead atoms. The van der Waals surface area contributed by atoms with Gasteiger partial charge in [0.15, 0.2) is 24.2 Å². The van der Waals surface area contributed by atoms with Crippen LogP contribution in [0, 0.1) is 0 Å². The van der Waals surface area contributed by atoms with Crippen LogP contribution in [-0.4, -0.2) is 88.6 Å². The summed E-state index contributed by atoms with van der Waals surface area (Å²) in [6.07, 6.45) is 0.397. The van der Waals surface area contributed by atoms with Gasteiger partial charge in [-0.05, 0) is 39.3 Å². The van der Waals surface area contributed by atoms with Crippen LogP contribution in [0.2, 0.25) is 0 Å². The molecule has 4 aliphatic rings. The van der Waals surface area contributed by atoms with E-state index in [1.54, 1.807) is 12.2 Å². The first-order valence-electron chi connectivity index (χ1n) is 12.8. The fourth-order valence-electron chi connectivity index (χ4n) is 5.08. The van der Waals surface area contributed by atoms with Crippen molar-refractivity contribution in [3.63, 3.8) is 0 Å². The number of hydrogen-bond donors (Lipinski definition) is 1. The first-order valence-corrected chi connectivity index (χ1v) is 14.7. The van der Waals surface area contributed by atoms with Crippen molar-refractivity contribution < 1.29 is 46.3 Å². The summed E-state index contributed by atoms with van der Waals surface area (Å²) in [7, 11) is -3.49. The Labute approximate surface area is 223 Å². The Bertz CT molecular complexity index is 1090. The Morgan fingerprint density at radius 2 is 1.74 bits per heavy atom. The number of sulfonamides is 1. The monoisotopic (exact) mass is 555 g/mol. The van der Waals surface area contributed by atoms with Gasteiger partial charge >= 0.3 is 0 Å². The molecule has 12 heteroatoms. The van der Waals surface area contributed by atoms with E-state index in [-0.39, 0.29) is 6.61 Å². The predicted molar refractivity (Wildman–Crippen MR) is 134 cm³/mol. The Hall–Kier alpha value is -1.45. The molecule has 0 aromatic heterocycles. The quantitative estimate of drug-likeness (QED) is 0.452. The highest BCUT2D eigenvalue weighted by Gasteiger charge is 2.59. The molecular formula is C26H37NO10S. The van der Waals surface area contributed by atoms with Crippen LogP contribution in [0.25, 0.3) is 0 Å². The Morgan fingerprint density at radius 3 is 2.42 bits per heavy atom. The fourth-order valence-corrected chi connectivity index (χ4v) is 5.80. The third kappa shape index (κ3) is 6.81. The van der Waals surface area contributed by atoms with Crippen LogP contribution in [0.15, 0.2) is 42.5 Å². The van der Waals surface area contributed by atoms with Gasteiger partial charge in [-0.15, -0.1) is 0 Å². The van der Waals surface area contributed by atoms with Crippen molar-refractivity contribution in [2.45, 2.75) is 95.0 Å². The van der Waals surface area contributed by atoms with Gasteiger partial charge in [-0.1, -0.05) is 36.4 Å². The lowest BCUT2D eigenvalue weighted by Crippen LogP contribution is -2.51. The second-order valence-corrected chi connectivity index (χ2v) is 12.7. The molecular weight excluding hydrogens is 518 g/mol. The van der Waals surface area contributed by atoms with Crippen molar-refractivity contribution in [3.8, 4) is 0 Å². The van der Waals surface area contributed by atoms with Crippen molar-refractivity contribution >= 4 is 10.0 Å². The topological polar surface area (TPSA) is 120 Å². The van der Waals surface area contributed by atoms with E-state index >= 15 is 0 Å². The molecule has 11 nitrogen and oxygen atoms in total. The molecule has 0 unspecified atom stereocenters. The van der Waals surface area contributed by atoms with Gasteiger partial charge < -0.3 is 37.9 Å². The number of hydrogen-bond acceptors (Lipinski definition) is 10. The molecule has 3 fully saturated rings. The van der Waals surface area contributed by atoms with Gasteiger partial charge in [0.05, 0.1) is 32.1 Å². The summed E-state index contributed by atoms with van der Waals surface area (Å²) >= 11 is 0. The molecule has 212 valence electrons. The molecule has 1 N–H and O–H groups in total. The molecule has 5 rings (SSSR count). The standard InChI is InChI=1S/C26H37NO10S/c1-25(2)31-15-19(35-25)21-22(23-24(34-21)37-26(3,4)36-23)33-20-12-11-17(27-38(5,28)29)18(32-20)14-30-13-16-9-7-6-8-10-16/h6-12,17-24,27H,13-15H2,1-5H3/t17-,18-,19-,20+,21-,22+,23-,24-/m1/s1. The smallest absolute Gasteiger partial charge is 0.209 e. The maximum atomic E-state index is 12.0. The first kappa shape index (κ1) is 28.1. The highest BCUT2D eigenvalue weighted by atomic mass is 32.2. The minimum atomic E-state index is -3.49. The van der Waals surface area contributed by atoms with E-state index in [0.717, 1.165) is 11.8 Å². The average molecular weight is 556 g/mol. The van der Waals surface area contributed by atoms with E-state index in [4.69, 9.17) is 37.9 Å². The SMILES string of the molecule is CC1(C)O[C@H]2O[C@H]([C@H]3COC(C)(C)O3)[C@H](O[C@H]3C=C[C@@H](NS(C)(=O)=O)[C@@H](COCc4ccccc4)O3)[C@H]2O1. The van der Waals surface area contributed by atoms with Gasteiger partial charge in [0.25, 0.3) is 0 Å². The van der Waals surface area contributed by atoms with Crippen LogP contribution < -0.4 is 4.72 Å². The number of benzene rings is 1. The third-order valence-corrected chi connectivity index (χ3v) is 7.34. The van der Waals surface area contributed by atoms with E-state index in [9.17, 15) is 8.42 Å². The fraction of sp³-hybridized carbons (Fsp3) is 0.692. The lowest BCUT2D eigenvalue weighted by Gasteiger charge is -2.35. The van der Waals surface area contributed by atoms with Crippen LogP contribution >= 0.6 is 0 Å². The van der Waals surface area contributed by atoms with Crippen molar-refractivity contribution in [2.24, 2.45) is 0 Å². The Morgan fingerprint density at radius 1 is 0.974 bits per heavy atom. The number of rotatable bonds is 9. The highest BCUT2D eigenvalue weighted by molar-refractivity contribution is 7.88. The van der Waals surface area contributed by atoms with Gasteiger partial charge in [0, 0.05) is 0 Å². The van der Waals surface area contributed by atoms with Crippen molar-refractivity contribution in [3.05, 3.63) is 48.0 Å². The number of ether oxygens (including phenoxy) is 8. The van der Waals surface area contributed by atoms with Crippen LogP contribution in [-0.2, 0) is 54.5 Å². The number of nitrogens with one attached hydrogen (secondary N) is 1. The molecule has 1 aromatic rings. The molecule has 0 spiro atoms. The van der Waals surface area contributed by atoms with Gasteiger partial charge in [-0.3, -0.25) is 0 Å². The van der Waals surface area contributed by atoms with Crippen LogP contribution in [0.1, 0.15) is 33.3 Å². The third-order valence-electron chi connectivity index (χ3n) is 6.64. The van der Waals surface area contributed by atoms with E-state index in [2.05, 4.69) is 4.72 Å². The molecule has 38 heavy (non-hydrogen) atoms. The summed E-state index contributed by atoms with van der Waals surface area (Å²) in [6, 6.07) is 9.08. The maximum absolute atomic E-state index is 12.0. The summed E-state index contributed by atoms with van der Waals surface area (Å²) in [6.45, 7) is 8.16. The molecule has 4 aliphatic heterocycles. The molecule has 0 amide bonds. The zero-order valence-corrected chi connectivity index (χ0v) is 23.1. The van der Waals surface area contributed by atoms with Gasteiger partial charge in [-0.25, -0.2) is 13.1 Å². The molecule has 0 saturated carbocycles. The van der Waals surface area contributed by atoms with Crippen molar-refractivity contribution in [2.75, 3.05) is 19.5 Å². The van der Waals surface area contributed by atoms with Crippen molar-refractivity contribution in [1.29, 1.82) is 0 Å². The van der Waals surface area contributed by atoms with Crippen LogP contribution in [0.3, 0.4) is 0 Å². The van der Waals surface area contributed by atoms with Gasteiger partial charge in [0.2, 0.25) is 10.0 Å². The Balaban J connectivity index is 1.29. The average Bonchev–Trinajstić information content (AvgIpc) is 3.44. The molecule has 4 heterocycles. The molecule has 8 atom stereocenters. The predicted octanol–water partition coefficient (Wildman–Crippen LogP) is 1.82. The highest BCUT2D eigenvalue weighted by Crippen LogP contribution is 2.42. The van der Waals surface area contributed by atoms with E-state index < -0.39 is 70.7 Å². The van der Waals surface area contributed by atoms with E-state index in [1.807, 2.05) is 58.0 Å². The summed E-state index contributed by atoms with van der Waals surface area (Å²) in [4.78, 5) is 0. The molecule has 3 saturated heterocycles. The molecule has 0 radical (unpaired) electrons. The summed E-state index contributed by atoms with van der Waals surface area (Å²) in [5, 5.41) is 0. The zero-order chi connectivity index (χ0) is 27.1. The second-order valence-electron chi connectivity index (χ2n) is 10.9. The lowest BCUT2D eigenvalue weighted by atomic mass is 10.1. The van der Waals surface area contributed by atoms with Crippen LogP contribution in [0.5, 0.6) is 0 Å². The number of fused-ring (bicyclic) bond motifs is 1. The van der Waals surface area contributed by atoms with Crippen LogP contribution in [0.4, 0.5) is 0 Å². The van der Waals surface area contributed by atoms with Gasteiger partial charge in [0.1, 0.15) is 30.5 Å². The summed E-state index contributed by atoms with van der Waals surface area (Å²) in [5.74, 6) is -1.58. The summed E-state index contributed by atoms with van der Waals surface area (Å²) < 4.78 is 75.2.